The average molecular weight is 356 g/mol. The van der Waals surface area contributed by atoms with E-state index >= 15 is 0 Å². The Kier molecular flexibility index (Phi) is 4.93. The number of piperidine rings is 1. The number of anilines is 2. The van der Waals surface area contributed by atoms with Gasteiger partial charge in [0.25, 0.3) is 0 Å². The molecule has 8 heteroatoms. The Morgan fingerprint density at radius 3 is 2.54 bits per heavy atom. The molecule has 1 aliphatic rings. The van der Waals surface area contributed by atoms with Crippen LogP contribution in [0.4, 0.5) is 24.1 Å². The Morgan fingerprint density at radius 2 is 1.96 bits per heavy atom. The van der Waals surface area contributed by atoms with E-state index in [4.69, 9.17) is 0 Å². The summed E-state index contributed by atoms with van der Waals surface area (Å²) in [7, 11) is 0. The third-order valence-electron chi connectivity index (χ3n) is 4.15. The van der Waals surface area contributed by atoms with Crippen LogP contribution < -0.4 is 10.2 Å². The van der Waals surface area contributed by atoms with Crippen molar-refractivity contribution in [2.45, 2.75) is 32.5 Å². The van der Waals surface area contributed by atoms with Crippen LogP contribution in [0.3, 0.4) is 0 Å². The average Bonchev–Trinajstić information content (AvgIpc) is 3.04. The maximum atomic E-state index is 12.5. The standard InChI is InChI=1S/C16H19F3N4S/c1-11-4-6-23(7-5-11)14-3-2-12(8-20-14)9-21-15-22-10-13(24-15)16(17,18)19/h2-3,8,10-11H,4-7,9H2,1H3,(H,21,22). The first-order chi connectivity index (χ1) is 11.4. The molecule has 2 aromatic rings. The summed E-state index contributed by atoms with van der Waals surface area (Å²) in [5.74, 6) is 1.73. The highest BCUT2D eigenvalue weighted by atomic mass is 32.1. The summed E-state index contributed by atoms with van der Waals surface area (Å²) in [5.41, 5.74) is 0.910. The summed E-state index contributed by atoms with van der Waals surface area (Å²) in [5, 5.41) is 3.17. The van der Waals surface area contributed by atoms with Crippen LogP contribution in [0.25, 0.3) is 0 Å². The number of nitrogens with zero attached hydrogens (tertiary/aromatic N) is 3. The second-order valence-electron chi connectivity index (χ2n) is 6.08. The van der Waals surface area contributed by atoms with E-state index in [9.17, 15) is 13.2 Å². The molecule has 3 heterocycles. The number of nitrogens with one attached hydrogen (secondary N) is 1. The molecule has 0 bridgehead atoms. The fourth-order valence-corrected chi connectivity index (χ4v) is 3.29. The third kappa shape index (κ3) is 4.17. The molecule has 0 spiro atoms. The molecule has 1 N–H and O–H groups in total. The SMILES string of the molecule is CC1CCN(c2ccc(CNc3ncc(C(F)(F)F)s3)cn2)CC1. The molecule has 3 rings (SSSR count). The Morgan fingerprint density at radius 1 is 1.21 bits per heavy atom. The van der Waals surface area contributed by atoms with Crippen LogP contribution in [0.2, 0.25) is 0 Å². The largest absolute Gasteiger partial charge is 0.427 e. The number of aromatic nitrogens is 2. The molecule has 0 aromatic carbocycles. The highest BCUT2D eigenvalue weighted by molar-refractivity contribution is 7.15. The molecule has 2 aromatic heterocycles. The fourth-order valence-electron chi connectivity index (χ4n) is 2.61. The quantitative estimate of drug-likeness (QED) is 0.881. The number of rotatable bonds is 4. The van der Waals surface area contributed by atoms with Crippen molar-refractivity contribution in [2.24, 2.45) is 5.92 Å². The third-order valence-corrected chi connectivity index (χ3v) is 5.15. The summed E-state index contributed by atoms with van der Waals surface area (Å²) in [6.07, 6.45) is 0.629. The predicted octanol–water partition coefficient (Wildman–Crippen LogP) is 4.41. The van der Waals surface area contributed by atoms with Crippen molar-refractivity contribution in [1.82, 2.24) is 9.97 Å². The molecule has 24 heavy (non-hydrogen) atoms. The zero-order chi connectivity index (χ0) is 17.2. The number of thiazole rings is 1. The molecular formula is C16H19F3N4S. The predicted molar refractivity (Wildman–Crippen MR) is 89.3 cm³/mol. The molecule has 130 valence electrons. The van der Waals surface area contributed by atoms with Gasteiger partial charge in [0, 0.05) is 25.8 Å². The maximum absolute atomic E-state index is 12.5. The number of pyridine rings is 1. The number of alkyl halides is 3. The molecule has 1 aliphatic heterocycles. The summed E-state index contributed by atoms with van der Waals surface area (Å²) in [6.45, 7) is 4.70. The van der Waals surface area contributed by atoms with E-state index in [0.717, 1.165) is 36.6 Å². The van der Waals surface area contributed by atoms with E-state index < -0.39 is 11.1 Å². The lowest BCUT2D eigenvalue weighted by Crippen LogP contribution is -2.33. The number of hydrogen-bond donors (Lipinski definition) is 1. The second-order valence-corrected chi connectivity index (χ2v) is 7.11. The van der Waals surface area contributed by atoms with Crippen molar-refractivity contribution in [3.63, 3.8) is 0 Å². The van der Waals surface area contributed by atoms with Crippen molar-refractivity contribution in [3.8, 4) is 0 Å². The van der Waals surface area contributed by atoms with Gasteiger partial charge in [0.1, 0.15) is 10.7 Å². The van der Waals surface area contributed by atoms with Crippen molar-refractivity contribution >= 4 is 22.3 Å². The molecule has 0 unspecified atom stereocenters. The van der Waals surface area contributed by atoms with Gasteiger partial charge in [-0.05, 0) is 30.4 Å². The zero-order valence-electron chi connectivity index (χ0n) is 13.3. The Hall–Kier alpha value is -1.83. The molecule has 4 nitrogen and oxygen atoms in total. The molecule has 0 atom stereocenters. The van der Waals surface area contributed by atoms with Crippen LogP contribution in [-0.2, 0) is 12.7 Å². The topological polar surface area (TPSA) is 41.0 Å². The van der Waals surface area contributed by atoms with E-state index in [2.05, 4.69) is 27.1 Å². The molecule has 0 aliphatic carbocycles. The van der Waals surface area contributed by atoms with Gasteiger partial charge in [0.05, 0.1) is 6.20 Å². The molecule has 1 fully saturated rings. The monoisotopic (exact) mass is 356 g/mol. The maximum Gasteiger partial charge on any atom is 0.427 e. The minimum atomic E-state index is -4.34. The Labute approximate surface area is 142 Å². The van der Waals surface area contributed by atoms with E-state index in [0.29, 0.717) is 17.9 Å². The van der Waals surface area contributed by atoms with Gasteiger partial charge in [-0.25, -0.2) is 9.97 Å². The summed E-state index contributed by atoms with van der Waals surface area (Å²) >= 11 is 0.609. The molecule has 0 radical (unpaired) electrons. The van der Waals surface area contributed by atoms with Crippen LogP contribution in [-0.4, -0.2) is 23.1 Å². The van der Waals surface area contributed by atoms with E-state index in [-0.39, 0.29) is 5.13 Å². The minimum absolute atomic E-state index is 0.261. The summed E-state index contributed by atoms with van der Waals surface area (Å²) < 4.78 is 37.6. The summed E-state index contributed by atoms with van der Waals surface area (Å²) in [4.78, 5) is 9.80. The normalized spacial score (nSPS) is 16.4. The van der Waals surface area contributed by atoms with Crippen molar-refractivity contribution < 1.29 is 13.2 Å². The summed E-state index contributed by atoms with van der Waals surface area (Å²) in [6, 6.07) is 3.92. The van der Waals surface area contributed by atoms with Gasteiger partial charge in [-0.1, -0.05) is 24.3 Å². The number of hydrogen-bond acceptors (Lipinski definition) is 5. The highest BCUT2D eigenvalue weighted by Crippen LogP contribution is 2.35. The van der Waals surface area contributed by atoms with Crippen molar-refractivity contribution in [2.75, 3.05) is 23.3 Å². The van der Waals surface area contributed by atoms with Crippen molar-refractivity contribution in [3.05, 3.63) is 35.0 Å². The van der Waals surface area contributed by atoms with Gasteiger partial charge in [0.2, 0.25) is 0 Å². The van der Waals surface area contributed by atoms with Gasteiger partial charge in [0.15, 0.2) is 5.13 Å². The van der Waals surface area contributed by atoms with Gasteiger partial charge in [-0.2, -0.15) is 13.2 Å². The van der Waals surface area contributed by atoms with E-state index in [1.165, 1.54) is 12.8 Å². The zero-order valence-corrected chi connectivity index (χ0v) is 14.1. The molecule has 1 saturated heterocycles. The Balaban J connectivity index is 1.55. The first kappa shape index (κ1) is 17.0. The molecular weight excluding hydrogens is 337 g/mol. The first-order valence-electron chi connectivity index (χ1n) is 7.88. The Bertz CT molecular complexity index is 661. The van der Waals surface area contributed by atoms with Crippen LogP contribution in [0.15, 0.2) is 24.5 Å². The van der Waals surface area contributed by atoms with Crippen LogP contribution in [0.5, 0.6) is 0 Å². The van der Waals surface area contributed by atoms with Gasteiger partial charge in [-0.15, -0.1) is 0 Å². The lowest BCUT2D eigenvalue weighted by Gasteiger charge is -2.31. The van der Waals surface area contributed by atoms with E-state index in [1.54, 1.807) is 6.20 Å². The minimum Gasteiger partial charge on any atom is -0.357 e. The van der Waals surface area contributed by atoms with Crippen molar-refractivity contribution in [1.29, 1.82) is 0 Å². The lowest BCUT2D eigenvalue weighted by molar-refractivity contribution is -0.134. The molecule has 0 amide bonds. The second kappa shape index (κ2) is 6.96. The van der Waals surface area contributed by atoms with Crippen LogP contribution >= 0.6 is 11.3 Å². The van der Waals surface area contributed by atoms with Gasteiger partial charge in [-0.3, -0.25) is 0 Å². The van der Waals surface area contributed by atoms with Gasteiger partial charge >= 0.3 is 6.18 Å². The highest BCUT2D eigenvalue weighted by Gasteiger charge is 2.33. The van der Waals surface area contributed by atoms with E-state index in [1.807, 2.05) is 12.1 Å². The van der Waals surface area contributed by atoms with Crippen LogP contribution in [0.1, 0.15) is 30.2 Å². The van der Waals surface area contributed by atoms with Gasteiger partial charge < -0.3 is 10.2 Å². The first-order valence-corrected chi connectivity index (χ1v) is 8.70. The number of halogens is 3. The lowest BCUT2D eigenvalue weighted by atomic mass is 9.99. The fraction of sp³-hybridized carbons (Fsp3) is 0.500. The molecule has 0 saturated carbocycles. The smallest absolute Gasteiger partial charge is 0.357 e. The van der Waals surface area contributed by atoms with Crippen LogP contribution in [0, 0.1) is 5.92 Å².